The molecule has 0 unspecified atom stereocenters. The summed E-state index contributed by atoms with van der Waals surface area (Å²) in [4.78, 5) is 0. The Bertz CT molecular complexity index is 7.51. The summed E-state index contributed by atoms with van der Waals surface area (Å²) >= 11 is 0. The van der Waals surface area contributed by atoms with Gasteiger partial charge in [-0.2, -0.15) is 0 Å². The summed E-state index contributed by atoms with van der Waals surface area (Å²) in [7, 11) is 0. The minimum atomic E-state index is 0. The van der Waals surface area contributed by atoms with E-state index in [1.165, 1.54) is 0 Å². The molecule has 1 nitrogen and oxygen atoms in total. The van der Waals surface area contributed by atoms with Crippen LogP contribution in [0.5, 0.6) is 0 Å². The molecule has 6 heavy (non-hydrogen) atoms. The number of rotatable bonds is 0. The van der Waals surface area contributed by atoms with Gasteiger partial charge in [0.25, 0.3) is 0 Å². The molecule has 0 saturated heterocycles. The maximum atomic E-state index is 0. The molecule has 0 aromatic rings. The van der Waals surface area contributed by atoms with Gasteiger partial charge in [-0.25, -0.2) is 0 Å². The first-order valence-electron chi connectivity index (χ1n) is 0. The van der Waals surface area contributed by atoms with Crippen molar-refractivity contribution in [2.24, 2.45) is 0 Å². The van der Waals surface area contributed by atoms with E-state index < -0.39 is 0 Å². The predicted octanol–water partition coefficient (Wildman–Crippen LogP) is 1.57. The fraction of sp³-hybridized carbons (Fsp3) is 0. The molecule has 0 atom stereocenters. The van der Waals surface area contributed by atoms with E-state index in [-0.39, 0.29) is 76.8 Å². The van der Waals surface area contributed by atoms with Gasteiger partial charge in [-0.15, -0.1) is 49.6 Å². The second kappa shape index (κ2) is 69.1. The van der Waals surface area contributed by atoms with Crippen LogP contribution in [0.15, 0.2) is 0 Å². The molecule has 0 aliphatic rings. The summed E-state index contributed by atoms with van der Waals surface area (Å²) in [6.45, 7) is 0. The largest absolute Gasteiger partial charge is 0.147 e. The molecular formula is H4Cl4OTi. The van der Waals surface area contributed by atoms with Gasteiger partial charge in [-0.05, 0) is 0 Å². The van der Waals surface area contributed by atoms with Crippen LogP contribution in [-0.4, -0.2) is 0 Å². The quantitative estimate of drug-likeness (QED) is 0.542. The molecule has 0 aliphatic carbocycles. The van der Waals surface area contributed by atoms with E-state index in [9.17, 15) is 0 Å². The molecule has 0 spiro atoms. The summed E-state index contributed by atoms with van der Waals surface area (Å²) in [6.07, 6.45) is 0. The molecule has 0 aromatic heterocycles. The molecule has 0 aromatic carbocycles. The summed E-state index contributed by atoms with van der Waals surface area (Å²) in [5.74, 6) is 0. The zero-order valence-electron chi connectivity index (χ0n) is 2.54. The van der Waals surface area contributed by atoms with Crippen molar-refractivity contribution in [1.29, 1.82) is 0 Å². The van der Waals surface area contributed by atoms with Crippen LogP contribution in [0.1, 0.15) is 0 Å². The molecule has 42 valence electrons. The van der Waals surface area contributed by atoms with Gasteiger partial charge in [-0.1, -0.05) is 0 Å². The Morgan fingerprint density at radius 2 is 0.500 bits per heavy atom. The van der Waals surface area contributed by atoms with E-state index in [4.69, 9.17) is 0 Å². The van der Waals surface area contributed by atoms with Crippen LogP contribution in [0.4, 0.5) is 0 Å². The molecule has 2 radical (unpaired) electrons. The SMILES string of the molecule is Cl.Cl.Cl.Cl.[O].[Ti]. The average molecular weight is 210 g/mol. The van der Waals surface area contributed by atoms with Gasteiger partial charge < -0.3 is 0 Å². The third-order valence-corrected chi connectivity index (χ3v) is 0. The fourth-order valence-corrected chi connectivity index (χ4v) is 0. The van der Waals surface area contributed by atoms with Gasteiger partial charge in [0.15, 0.2) is 0 Å². The van der Waals surface area contributed by atoms with E-state index in [1.54, 1.807) is 0 Å². The second-order valence-corrected chi connectivity index (χ2v) is 0. The van der Waals surface area contributed by atoms with Crippen LogP contribution >= 0.6 is 49.6 Å². The predicted molar refractivity (Wildman–Crippen MR) is 29.7 cm³/mol. The van der Waals surface area contributed by atoms with Crippen LogP contribution in [0.25, 0.3) is 0 Å². The van der Waals surface area contributed by atoms with Crippen molar-refractivity contribution in [2.75, 3.05) is 0 Å². The first kappa shape index (κ1) is 109. The van der Waals surface area contributed by atoms with Crippen molar-refractivity contribution < 1.29 is 27.2 Å². The Morgan fingerprint density at radius 3 is 0.500 bits per heavy atom. The van der Waals surface area contributed by atoms with Crippen molar-refractivity contribution >= 4 is 49.6 Å². The Hall–Kier alpha value is 1.83. The van der Waals surface area contributed by atoms with Crippen LogP contribution in [0.3, 0.4) is 0 Å². The molecule has 0 aliphatic heterocycles. The number of hydrogen-bond acceptors (Lipinski definition) is 0. The molecule has 6 heteroatoms. The van der Waals surface area contributed by atoms with Crippen molar-refractivity contribution in [1.82, 2.24) is 0 Å². The first-order chi connectivity index (χ1) is 0. The smallest absolute Gasteiger partial charge is 0 e. The average Bonchev–Trinajstić information content (AvgIpc) is 0. The molecule has 0 heterocycles. The van der Waals surface area contributed by atoms with Gasteiger partial charge in [0.1, 0.15) is 0 Å². The van der Waals surface area contributed by atoms with E-state index in [0.29, 0.717) is 0 Å². The van der Waals surface area contributed by atoms with Crippen molar-refractivity contribution in [3.8, 4) is 0 Å². The summed E-state index contributed by atoms with van der Waals surface area (Å²) in [5.41, 5.74) is 0. The van der Waals surface area contributed by atoms with E-state index >= 15 is 0 Å². The van der Waals surface area contributed by atoms with Crippen LogP contribution in [0, 0.1) is 0 Å². The number of hydrogen-bond donors (Lipinski definition) is 0. The summed E-state index contributed by atoms with van der Waals surface area (Å²) < 4.78 is 0. The maximum Gasteiger partial charge on any atom is 0 e. The van der Waals surface area contributed by atoms with Crippen molar-refractivity contribution in [3.63, 3.8) is 0 Å². The Balaban J connectivity index is 0. The van der Waals surface area contributed by atoms with E-state index in [1.807, 2.05) is 0 Å². The van der Waals surface area contributed by atoms with E-state index in [0.717, 1.165) is 0 Å². The normalized spacial score (nSPS) is 0. The molecule has 0 amide bonds. The zero-order valence-corrected chi connectivity index (χ0v) is 7.37. The minimum Gasteiger partial charge on any atom is -0.147 e. The zero-order chi connectivity index (χ0) is 0. The monoisotopic (exact) mass is 208 g/mol. The van der Waals surface area contributed by atoms with Gasteiger partial charge in [0, 0.05) is 27.2 Å². The molecule has 0 saturated carbocycles. The topological polar surface area (TPSA) is 28.5 Å². The third-order valence-electron chi connectivity index (χ3n) is 0. The summed E-state index contributed by atoms with van der Waals surface area (Å²) in [5, 5.41) is 0. The molecular weight excluding hydrogens is 206 g/mol. The van der Waals surface area contributed by atoms with Crippen LogP contribution in [0.2, 0.25) is 0 Å². The molecule has 0 N–H and O–H groups in total. The fourth-order valence-electron chi connectivity index (χ4n) is 0. The van der Waals surface area contributed by atoms with E-state index in [2.05, 4.69) is 0 Å². The van der Waals surface area contributed by atoms with Crippen LogP contribution in [-0.2, 0) is 27.2 Å². The Labute approximate surface area is 76.5 Å². The Morgan fingerprint density at radius 1 is 0.500 bits per heavy atom. The minimum absolute atomic E-state index is 0. The van der Waals surface area contributed by atoms with Gasteiger partial charge >= 0.3 is 0 Å². The second-order valence-electron chi connectivity index (χ2n) is 0. The number of halogens is 4. The van der Waals surface area contributed by atoms with Gasteiger partial charge in [0.2, 0.25) is 0 Å². The van der Waals surface area contributed by atoms with Crippen LogP contribution < -0.4 is 0 Å². The molecule has 0 rings (SSSR count). The maximum absolute atomic E-state index is 0. The van der Waals surface area contributed by atoms with Crippen molar-refractivity contribution in [3.05, 3.63) is 0 Å². The van der Waals surface area contributed by atoms with Gasteiger partial charge in [-0.3, -0.25) is 0 Å². The summed E-state index contributed by atoms with van der Waals surface area (Å²) in [6, 6.07) is 0. The molecule has 0 fully saturated rings. The third kappa shape index (κ3) is 40.5. The molecule has 0 bridgehead atoms. The Kier molecular flexibility index (Phi) is 1250. The van der Waals surface area contributed by atoms with Crippen molar-refractivity contribution in [2.45, 2.75) is 0 Å². The standard InChI is InChI=1S/4ClH.O.Ti/h4*1H;;. The van der Waals surface area contributed by atoms with Gasteiger partial charge in [0.05, 0.1) is 0 Å². The first-order valence-corrected chi connectivity index (χ1v) is 0.